The summed E-state index contributed by atoms with van der Waals surface area (Å²) in [5.41, 5.74) is 0.662. The number of hydrogen-bond acceptors (Lipinski definition) is 3. The minimum absolute atomic E-state index is 0.101. The number of Topliss-reactive ketones (excluding diaryl/α,β-unsaturated/α-hetero) is 1. The highest BCUT2D eigenvalue weighted by atomic mass is 79.9. The van der Waals surface area contributed by atoms with E-state index in [0.717, 1.165) is 10.2 Å². The van der Waals surface area contributed by atoms with Gasteiger partial charge in [0, 0.05) is 12.0 Å². The normalized spacial score (nSPS) is 10.2. The molecule has 0 bridgehead atoms. The molecule has 2 aromatic rings. The molecule has 0 aromatic heterocycles. The van der Waals surface area contributed by atoms with Gasteiger partial charge in [-0.25, -0.2) is 0 Å². The SMILES string of the molecule is CCC(=O)c1cccc(Oc2ccc(OC)cc2Br)c1. The maximum atomic E-state index is 11.7. The molecule has 0 aliphatic carbocycles. The molecule has 0 N–H and O–H groups in total. The number of carbonyl (C=O) groups excluding carboxylic acids is 1. The zero-order valence-corrected chi connectivity index (χ0v) is 12.9. The van der Waals surface area contributed by atoms with E-state index < -0.39 is 0 Å². The minimum atomic E-state index is 0.101. The van der Waals surface area contributed by atoms with Gasteiger partial charge < -0.3 is 9.47 Å². The van der Waals surface area contributed by atoms with Crippen LogP contribution < -0.4 is 9.47 Å². The maximum Gasteiger partial charge on any atom is 0.162 e. The van der Waals surface area contributed by atoms with Crippen molar-refractivity contribution in [3.05, 3.63) is 52.5 Å². The van der Waals surface area contributed by atoms with E-state index in [1.807, 2.05) is 37.3 Å². The van der Waals surface area contributed by atoms with E-state index in [9.17, 15) is 4.79 Å². The summed E-state index contributed by atoms with van der Waals surface area (Å²) in [6.45, 7) is 1.84. The summed E-state index contributed by atoms with van der Waals surface area (Å²) in [7, 11) is 1.61. The van der Waals surface area contributed by atoms with Gasteiger partial charge in [0.15, 0.2) is 5.78 Å². The van der Waals surface area contributed by atoms with Crippen LogP contribution in [-0.2, 0) is 0 Å². The highest BCUT2D eigenvalue weighted by Gasteiger charge is 2.07. The van der Waals surface area contributed by atoms with Crippen molar-refractivity contribution >= 4 is 21.7 Å². The lowest BCUT2D eigenvalue weighted by molar-refractivity contribution is 0.0988. The molecule has 4 heteroatoms. The fourth-order valence-corrected chi connectivity index (χ4v) is 2.19. The molecule has 0 unspecified atom stereocenters. The first-order chi connectivity index (χ1) is 9.63. The van der Waals surface area contributed by atoms with Crippen LogP contribution in [0.2, 0.25) is 0 Å². The molecule has 0 radical (unpaired) electrons. The zero-order valence-electron chi connectivity index (χ0n) is 11.4. The number of hydrogen-bond donors (Lipinski definition) is 0. The molecule has 2 rings (SSSR count). The minimum Gasteiger partial charge on any atom is -0.497 e. The second-order valence-corrected chi connectivity index (χ2v) is 5.06. The molecular weight excluding hydrogens is 320 g/mol. The van der Waals surface area contributed by atoms with Crippen molar-refractivity contribution < 1.29 is 14.3 Å². The van der Waals surface area contributed by atoms with Crippen LogP contribution in [0.1, 0.15) is 23.7 Å². The van der Waals surface area contributed by atoms with Crippen LogP contribution in [0.15, 0.2) is 46.9 Å². The van der Waals surface area contributed by atoms with Crippen molar-refractivity contribution in [1.29, 1.82) is 0 Å². The van der Waals surface area contributed by atoms with Crippen molar-refractivity contribution in [3.8, 4) is 17.2 Å². The molecule has 20 heavy (non-hydrogen) atoms. The molecule has 0 heterocycles. The third-order valence-corrected chi connectivity index (χ3v) is 3.46. The number of rotatable bonds is 5. The van der Waals surface area contributed by atoms with Gasteiger partial charge in [-0.15, -0.1) is 0 Å². The smallest absolute Gasteiger partial charge is 0.162 e. The van der Waals surface area contributed by atoms with Crippen molar-refractivity contribution in [1.82, 2.24) is 0 Å². The predicted molar refractivity (Wildman–Crippen MR) is 81.8 cm³/mol. The van der Waals surface area contributed by atoms with Crippen LogP contribution in [0.4, 0.5) is 0 Å². The lowest BCUT2D eigenvalue weighted by atomic mass is 10.1. The van der Waals surface area contributed by atoms with Gasteiger partial charge in [-0.2, -0.15) is 0 Å². The fourth-order valence-electron chi connectivity index (χ4n) is 1.76. The number of ether oxygens (including phenoxy) is 2. The van der Waals surface area contributed by atoms with E-state index in [1.54, 1.807) is 19.2 Å². The molecule has 2 aromatic carbocycles. The third kappa shape index (κ3) is 3.39. The average Bonchev–Trinajstić information content (AvgIpc) is 2.48. The number of methoxy groups -OCH3 is 1. The van der Waals surface area contributed by atoms with Gasteiger partial charge >= 0.3 is 0 Å². The van der Waals surface area contributed by atoms with E-state index in [0.29, 0.717) is 23.5 Å². The van der Waals surface area contributed by atoms with Crippen LogP contribution >= 0.6 is 15.9 Å². The predicted octanol–water partition coefficient (Wildman–Crippen LogP) is 4.84. The van der Waals surface area contributed by atoms with Gasteiger partial charge in [0.1, 0.15) is 17.2 Å². The maximum absolute atomic E-state index is 11.7. The molecular formula is C16H15BrO3. The topological polar surface area (TPSA) is 35.5 Å². The first-order valence-corrected chi connectivity index (χ1v) is 7.08. The van der Waals surface area contributed by atoms with Crippen LogP contribution in [0.3, 0.4) is 0 Å². The van der Waals surface area contributed by atoms with Gasteiger partial charge in [-0.3, -0.25) is 4.79 Å². The van der Waals surface area contributed by atoms with Crippen molar-refractivity contribution in [2.24, 2.45) is 0 Å². The van der Waals surface area contributed by atoms with Gasteiger partial charge in [-0.05, 0) is 46.3 Å². The molecule has 104 valence electrons. The molecule has 0 saturated heterocycles. The first-order valence-electron chi connectivity index (χ1n) is 6.28. The molecule has 3 nitrogen and oxygen atoms in total. The third-order valence-electron chi connectivity index (χ3n) is 2.84. The van der Waals surface area contributed by atoms with E-state index in [4.69, 9.17) is 9.47 Å². The van der Waals surface area contributed by atoms with Crippen molar-refractivity contribution in [3.63, 3.8) is 0 Å². The molecule has 0 atom stereocenters. The number of carbonyl (C=O) groups is 1. The molecule has 0 spiro atoms. The summed E-state index contributed by atoms with van der Waals surface area (Å²) >= 11 is 3.43. The van der Waals surface area contributed by atoms with Crippen LogP contribution in [0.5, 0.6) is 17.2 Å². The Bertz CT molecular complexity index is 623. The Morgan fingerprint density at radius 1 is 1.15 bits per heavy atom. The summed E-state index contributed by atoms with van der Waals surface area (Å²) in [6, 6.07) is 12.7. The van der Waals surface area contributed by atoms with Gasteiger partial charge in [0.05, 0.1) is 11.6 Å². The summed E-state index contributed by atoms with van der Waals surface area (Å²) in [5, 5.41) is 0. The highest BCUT2D eigenvalue weighted by Crippen LogP contribution is 2.32. The Balaban J connectivity index is 2.24. The Morgan fingerprint density at radius 2 is 1.95 bits per heavy atom. The van der Waals surface area contributed by atoms with Gasteiger partial charge in [0.25, 0.3) is 0 Å². The fraction of sp³-hybridized carbons (Fsp3) is 0.188. The quantitative estimate of drug-likeness (QED) is 0.733. The Kier molecular flexibility index (Phi) is 4.79. The summed E-state index contributed by atoms with van der Waals surface area (Å²) < 4.78 is 11.7. The second-order valence-electron chi connectivity index (χ2n) is 4.20. The molecule has 0 aliphatic rings. The van der Waals surface area contributed by atoms with E-state index >= 15 is 0 Å². The number of ketones is 1. The lowest BCUT2D eigenvalue weighted by Gasteiger charge is -2.10. The summed E-state index contributed by atoms with van der Waals surface area (Å²) in [4.78, 5) is 11.7. The van der Waals surface area contributed by atoms with Crippen molar-refractivity contribution in [2.75, 3.05) is 7.11 Å². The Labute approximate surface area is 126 Å². The number of benzene rings is 2. The van der Waals surface area contributed by atoms with Crippen LogP contribution in [0, 0.1) is 0 Å². The average molecular weight is 335 g/mol. The summed E-state index contributed by atoms with van der Waals surface area (Å²) in [5.74, 6) is 2.16. The zero-order chi connectivity index (χ0) is 14.5. The Hall–Kier alpha value is -1.81. The largest absolute Gasteiger partial charge is 0.497 e. The first kappa shape index (κ1) is 14.6. The summed E-state index contributed by atoms with van der Waals surface area (Å²) in [6.07, 6.45) is 0.482. The highest BCUT2D eigenvalue weighted by molar-refractivity contribution is 9.10. The molecule has 0 saturated carbocycles. The van der Waals surface area contributed by atoms with Crippen LogP contribution in [-0.4, -0.2) is 12.9 Å². The standard InChI is InChI=1S/C16H15BrO3/c1-3-15(18)11-5-4-6-13(9-11)20-16-8-7-12(19-2)10-14(16)17/h4-10H,3H2,1-2H3. The van der Waals surface area contributed by atoms with Gasteiger partial charge in [-0.1, -0.05) is 19.1 Å². The van der Waals surface area contributed by atoms with Gasteiger partial charge in [0.2, 0.25) is 0 Å². The monoisotopic (exact) mass is 334 g/mol. The Morgan fingerprint density at radius 3 is 2.60 bits per heavy atom. The molecule has 0 fully saturated rings. The molecule has 0 aliphatic heterocycles. The molecule has 0 amide bonds. The van der Waals surface area contributed by atoms with E-state index in [-0.39, 0.29) is 5.78 Å². The van der Waals surface area contributed by atoms with Crippen LogP contribution in [0.25, 0.3) is 0 Å². The second kappa shape index (κ2) is 6.57. The number of halogens is 1. The lowest BCUT2D eigenvalue weighted by Crippen LogP contribution is -1.96. The van der Waals surface area contributed by atoms with E-state index in [1.165, 1.54) is 0 Å². The van der Waals surface area contributed by atoms with Crippen molar-refractivity contribution in [2.45, 2.75) is 13.3 Å². The van der Waals surface area contributed by atoms with E-state index in [2.05, 4.69) is 15.9 Å².